The van der Waals surface area contributed by atoms with Crippen LogP contribution in [0.25, 0.3) is 6.08 Å². The van der Waals surface area contributed by atoms with Gasteiger partial charge in [0.05, 0.1) is 6.61 Å². The molecule has 0 saturated heterocycles. The largest absolute Gasteiger partial charge is 0.463 e. The van der Waals surface area contributed by atoms with Crippen LogP contribution in [0.3, 0.4) is 0 Å². The lowest BCUT2D eigenvalue weighted by Gasteiger charge is -2.01. The van der Waals surface area contributed by atoms with Gasteiger partial charge in [-0.3, -0.25) is 0 Å². The minimum Gasteiger partial charge on any atom is -0.463 e. The van der Waals surface area contributed by atoms with Gasteiger partial charge in [0.15, 0.2) is 0 Å². The smallest absolute Gasteiger partial charge is 0.333 e. The molecule has 0 spiro atoms. The molecule has 0 aromatic heterocycles. The number of carbonyl (C=O) groups excluding carboxylic acids is 1. The van der Waals surface area contributed by atoms with E-state index in [0.29, 0.717) is 17.7 Å². The Labute approximate surface area is 88.4 Å². The molecule has 0 heterocycles. The van der Waals surface area contributed by atoms with Gasteiger partial charge in [0, 0.05) is 5.57 Å². The SMILES string of the molecule is CCOC(=O)/C(C)=C/c1cccc(F)c1. The molecular weight excluding hydrogens is 195 g/mol. The maximum atomic E-state index is 12.8. The van der Waals surface area contributed by atoms with Crippen molar-refractivity contribution in [2.45, 2.75) is 13.8 Å². The first-order valence-corrected chi connectivity index (χ1v) is 4.74. The molecule has 0 radical (unpaired) electrons. The quantitative estimate of drug-likeness (QED) is 0.564. The molecule has 1 rings (SSSR count). The van der Waals surface area contributed by atoms with Crippen molar-refractivity contribution < 1.29 is 13.9 Å². The first-order valence-electron chi connectivity index (χ1n) is 4.74. The molecule has 1 aromatic carbocycles. The highest BCUT2D eigenvalue weighted by Crippen LogP contribution is 2.09. The number of benzene rings is 1. The van der Waals surface area contributed by atoms with E-state index in [2.05, 4.69) is 0 Å². The second-order valence-corrected chi connectivity index (χ2v) is 3.10. The van der Waals surface area contributed by atoms with Crippen LogP contribution >= 0.6 is 0 Å². The summed E-state index contributed by atoms with van der Waals surface area (Å²) in [6.07, 6.45) is 1.60. The molecule has 0 aliphatic rings. The Balaban J connectivity index is 2.82. The van der Waals surface area contributed by atoms with E-state index in [1.807, 2.05) is 0 Å². The predicted octanol–water partition coefficient (Wildman–Crippen LogP) is 2.79. The summed E-state index contributed by atoms with van der Waals surface area (Å²) in [7, 11) is 0. The summed E-state index contributed by atoms with van der Waals surface area (Å²) in [6.45, 7) is 3.73. The van der Waals surface area contributed by atoms with Crippen molar-refractivity contribution in [1.29, 1.82) is 0 Å². The zero-order valence-corrected chi connectivity index (χ0v) is 8.79. The fraction of sp³-hybridized carbons (Fsp3) is 0.250. The fourth-order valence-corrected chi connectivity index (χ4v) is 1.15. The normalized spacial score (nSPS) is 11.3. The summed E-state index contributed by atoms with van der Waals surface area (Å²) in [4.78, 5) is 11.2. The highest BCUT2D eigenvalue weighted by atomic mass is 19.1. The third kappa shape index (κ3) is 3.54. The van der Waals surface area contributed by atoms with Gasteiger partial charge in [-0.25, -0.2) is 9.18 Å². The van der Waals surface area contributed by atoms with Gasteiger partial charge in [0.25, 0.3) is 0 Å². The molecule has 80 valence electrons. The summed E-state index contributed by atoms with van der Waals surface area (Å²) in [6, 6.07) is 6.05. The summed E-state index contributed by atoms with van der Waals surface area (Å²) in [5.74, 6) is -0.692. The van der Waals surface area contributed by atoms with E-state index in [-0.39, 0.29) is 11.8 Å². The lowest BCUT2D eigenvalue weighted by molar-refractivity contribution is -0.138. The molecule has 3 heteroatoms. The molecule has 0 atom stereocenters. The third-order valence-electron chi connectivity index (χ3n) is 1.83. The van der Waals surface area contributed by atoms with Gasteiger partial charge in [0.1, 0.15) is 5.82 Å². The molecule has 0 bridgehead atoms. The Kier molecular flexibility index (Phi) is 4.03. The van der Waals surface area contributed by atoms with E-state index in [1.165, 1.54) is 12.1 Å². The number of esters is 1. The minimum absolute atomic E-state index is 0.319. The molecule has 0 aliphatic carbocycles. The monoisotopic (exact) mass is 208 g/mol. The Bertz CT molecular complexity index is 383. The topological polar surface area (TPSA) is 26.3 Å². The van der Waals surface area contributed by atoms with Crippen molar-refractivity contribution in [3.8, 4) is 0 Å². The van der Waals surface area contributed by atoms with Crippen molar-refractivity contribution in [1.82, 2.24) is 0 Å². The van der Waals surface area contributed by atoms with Gasteiger partial charge in [-0.2, -0.15) is 0 Å². The average Bonchev–Trinajstić information content (AvgIpc) is 2.18. The zero-order chi connectivity index (χ0) is 11.3. The summed E-state index contributed by atoms with van der Waals surface area (Å²) in [5.41, 5.74) is 1.11. The Morgan fingerprint density at radius 3 is 2.87 bits per heavy atom. The lowest BCUT2D eigenvalue weighted by Crippen LogP contribution is -2.04. The summed E-state index contributed by atoms with van der Waals surface area (Å²) < 4.78 is 17.6. The van der Waals surface area contributed by atoms with Gasteiger partial charge in [0.2, 0.25) is 0 Å². The molecule has 0 aliphatic heterocycles. The van der Waals surface area contributed by atoms with E-state index in [0.717, 1.165) is 0 Å². The number of halogens is 1. The number of hydrogen-bond acceptors (Lipinski definition) is 2. The summed E-state index contributed by atoms with van der Waals surface area (Å²) in [5, 5.41) is 0. The van der Waals surface area contributed by atoms with Gasteiger partial charge in [-0.1, -0.05) is 12.1 Å². The molecule has 0 fully saturated rings. The highest BCUT2D eigenvalue weighted by molar-refractivity contribution is 5.92. The molecule has 1 aromatic rings. The second-order valence-electron chi connectivity index (χ2n) is 3.10. The van der Waals surface area contributed by atoms with E-state index in [9.17, 15) is 9.18 Å². The number of carbonyl (C=O) groups is 1. The van der Waals surface area contributed by atoms with Crippen molar-refractivity contribution in [2.24, 2.45) is 0 Å². The van der Waals surface area contributed by atoms with Crippen LogP contribution in [0, 0.1) is 5.82 Å². The molecule has 0 saturated carbocycles. The lowest BCUT2D eigenvalue weighted by atomic mass is 10.1. The van der Waals surface area contributed by atoms with Gasteiger partial charge >= 0.3 is 5.97 Å². The zero-order valence-electron chi connectivity index (χ0n) is 8.79. The predicted molar refractivity (Wildman–Crippen MR) is 56.7 cm³/mol. The van der Waals surface area contributed by atoms with E-state index in [1.54, 1.807) is 32.1 Å². The highest BCUT2D eigenvalue weighted by Gasteiger charge is 2.04. The molecular formula is C12H13FO2. The van der Waals surface area contributed by atoms with Crippen molar-refractivity contribution in [3.63, 3.8) is 0 Å². The Hall–Kier alpha value is -1.64. The Morgan fingerprint density at radius 1 is 1.53 bits per heavy atom. The van der Waals surface area contributed by atoms with E-state index < -0.39 is 0 Å². The summed E-state index contributed by atoms with van der Waals surface area (Å²) >= 11 is 0. The standard InChI is InChI=1S/C12H13FO2/c1-3-15-12(14)9(2)7-10-5-4-6-11(13)8-10/h4-8H,3H2,1-2H3/b9-7+. The third-order valence-corrected chi connectivity index (χ3v) is 1.83. The average molecular weight is 208 g/mol. The van der Waals surface area contributed by atoms with Crippen molar-refractivity contribution >= 4 is 12.0 Å². The van der Waals surface area contributed by atoms with Gasteiger partial charge in [-0.15, -0.1) is 0 Å². The van der Waals surface area contributed by atoms with Crippen LogP contribution in [0.5, 0.6) is 0 Å². The van der Waals surface area contributed by atoms with Crippen LogP contribution < -0.4 is 0 Å². The van der Waals surface area contributed by atoms with Crippen molar-refractivity contribution in [3.05, 3.63) is 41.2 Å². The molecule has 0 amide bonds. The number of hydrogen-bond donors (Lipinski definition) is 0. The van der Waals surface area contributed by atoms with E-state index >= 15 is 0 Å². The molecule has 15 heavy (non-hydrogen) atoms. The van der Waals surface area contributed by atoms with Gasteiger partial charge < -0.3 is 4.74 Å². The van der Waals surface area contributed by atoms with Crippen LogP contribution in [0.1, 0.15) is 19.4 Å². The van der Waals surface area contributed by atoms with Gasteiger partial charge in [-0.05, 0) is 37.6 Å². The van der Waals surface area contributed by atoms with E-state index in [4.69, 9.17) is 4.74 Å². The van der Waals surface area contributed by atoms with Crippen LogP contribution in [-0.4, -0.2) is 12.6 Å². The molecule has 0 N–H and O–H groups in total. The Morgan fingerprint density at radius 2 is 2.27 bits per heavy atom. The fourth-order valence-electron chi connectivity index (χ4n) is 1.15. The first kappa shape index (κ1) is 11.4. The van der Waals surface area contributed by atoms with Crippen LogP contribution in [0.4, 0.5) is 4.39 Å². The second kappa shape index (κ2) is 5.29. The van der Waals surface area contributed by atoms with Crippen LogP contribution in [0.15, 0.2) is 29.8 Å². The minimum atomic E-state index is -0.373. The number of rotatable bonds is 3. The molecule has 2 nitrogen and oxygen atoms in total. The van der Waals surface area contributed by atoms with Crippen molar-refractivity contribution in [2.75, 3.05) is 6.61 Å². The van der Waals surface area contributed by atoms with Crippen LogP contribution in [0.2, 0.25) is 0 Å². The molecule has 0 unspecified atom stereocenters. The first-order chi connectivity index (χ1) is 7.13. The maximum absolute atomic E-state index is 12.8. The van der Waals surface area contributed by atoms with Crippen LogP contribution in [-0.2, 0) is 9.53 Å². The number of ether oxygens (including phenoxy) is 1. The maximum Gasteiger partial charge on any atom is 0.333 e.